The fourth-order valence-electron chi connectivity index (χ4n) is 5.04. The molecule has 0 saturated heterocycles. The molecule has 6 rings (SSSR count). The van der Waals surface area contributed by atoms with Gasteiger partial charge in [0.2, 0.25) is 0 Å². The predicted molar refractivity (Wildman–Crippen MR) is 152 cm³/mol. The molecular weight excluding hydrogens is 524 g/mol. The molecule has 0 unspecified atom stereocenters. The summed E-state index contributed by atoms with van der Waals surface area (Å²) in [6.45, 7) is 1.29. The summed E-state index contributed by atoms with van der Waals surface area (Å²) >= 11 is 12.0. The molecule has 2 N–H and O–H groups in total. The monoisotopic (exact) mass is 547 g/mol. The molecule has 2 aromatic heterocycles. The summed E-state index contributed by atoms with van der Waals surface area (Å²) in [5.74, 6) is 0.291. The van der Waals surface area contributed by atoms with Gasteiger partial charge in [-0.15, -0.1) is 0 Å². The van der Waals surface area contributed by atoms with Crippen LogP contribution in [0, 0.1) is 11.6 Å². The van der Waals surface area contributed by atoms with E-state index in [0.29, 0.717) is 16.6 Å². The summed E-state index contributed by atoms with van der Waals surface area (Å²) in [4.78, 5) is 0.510. The number of halogens is 3. The molecule has 5 nitrogen and oxygen atoms in total. The first-order valence-corrected chi connectivity index (χ1v) is 13.2. The van der Waals surface area contributed by atoms with Gasteiger partial charge in [-0.3, -0.25) is 0 Å². The molecule has 192 valence electrons. The Morgan fingerprint density at radius 2 is 1.55 bits per heavy atom. The van der Waals surface area contributed by atoms with Crippen LogP contribution in [0.5, 0.6) is 0 Å². The molecule has 38 heavy (non-hydrogen) atoms. The third-order valence-corrected chi connectivity index (χ3v) is 7.35. The molecule has 0 radical (unpaired) electrons. The number of hydrogen-bond donors (Lipinski definition) is 2. The van der Waals surface area contributed by atoms with Crippen molar-refractivity contribution in [3.05, 3.63) is 107 Å². The maximum absolute atomic E-state index is 13.9. The largest absolute Gasteiger partial charge is 0.378 e. The fourth-order valence-corrected chi connectivity index (χ4v) is 5.48. The van der Waals surface area contributed by atoms with E-state index in [4.69, 9.17) is 28.9 Å². The van der Waals surface area contributed by atoms with E-state index < -0.39 is 0 Å². The highest BCUT2D eigenvalue weighted by Crippen LogP contribution is 2.37. The molecule has 0 amide bonds. The number of nitrogens with one attached hydrogen (secondary N) is 2. The molecule has 0 atom stereocenters. The smallest absolute Gasteiger partial charge is 0.150 e. The highest BCUT2D eigenvalue weighted by molar-refractivity contribution is 7.81. The van der Waals surface area contributed by atoms with E-state index in [-0.39, 0.29) is 11.6 Å². The van der Waals surface area contributed by atoms with Crippen LogP contribution < -0.4 is 10.6 Å². The van der Waals surface area contributed by atoms with Crippen molar-refractivity contribution in [1.82, 2.24) is 14.2 Å². The Bertz CT molecular complexity index is 1620. The molecule has 0 bridgehead atoms. The van der Waals surface area contributed by atoms with Crippen LogP contribution in [0.25, 0.3) is 16.8 Å². The van der Waals surface area contributed by atoms with Gasteiger partial charge in [0, 0.05) is 34.1 Å². The number of benzene rings is 3. The lowest BCUT2D eigenvalue weighted by atomic mass is 9.98. The Kier molecular flexibility index (Phi) is 6.59. The number of anilines is 2. The van der Waals surface area contributed by atoms with Crippen LogP contribution in [0.3, 0.4) is 0 Å². The van der Waals surface area contributed by atoms with Crippen molar-refractivity contribution in [2.75, 3.05) is 10.6 Å². The second-order valence-electron chi connectivity index (χ2n) is 9.29. The van der Waals surface area contributed by atoms with Crippen LogP contribution >= 0.6 is 23.8 Å². The van der Waals surface area contributed by atoms with Gasteiger partial charge in [-0.2, -0.15) is 5.10 Å². The summed E-state index contributed by atoms with van der Waals surface area (Å²) in [6, 6.07) is 20.2. The molecule has 0 aliphatic carbocycles. The molecule has 1 aliphatic heterocycles. The van der Waals surface area contributed by atoms with Crippen molar-refractivity contribution in [2.45, 2.75) is 32.4 Å². The SMILES string of the molecule is Fc1ccc(NCc2nn3c(C(=S)Nc4ccc(Cl)cc4)c(-c4ccc(F)cc4)c4c3n2CCCC4)cc1. The fraction of sp³-hybridized carbons (Fsp3) is 0.172. The number of aryl methyl sites for hydroxylation is 2. The third-order valence-electron chi connectivity index (χ3n) is 6.81. The van der Waals surface area contributed by atoms with Gasteiger partial charge in [-0.1, -0.05) is 36.0 Å². The summed E-state index contributed by atoms with van der Waals surface area (Å²) in [6.07, 6.45) is 2.88. The van der Waals surface area contributed by atoms with Crippen molar-refractivity contribution < 1.29 is 8.78 Å². The highest BCUT2D eigenvalue weighted by Gasteiger charge is 2.29. The summed E-state index contributed by atoms with van der Waals surface area (Å²) in [7, 11) is 0. The van der Waals surface area contributed by atoms with Gasteiger partial charge in [0.15, 0.2) is 5.82 Å². The minimum atomic E-state index is -0.288. The Hall–Kier alpha value is -3.75. The molecule has 5 aromatic rings. The first-order chi connectivity index (χ1) is 18.5. The first kappa shape index (κ1) is 24.6. The quantitative estimate of drug-likeness (QED) is 0.216. The Morgan fingerprint density at radius 3 is 2.26 bits per heavy atom. The van der Waals surface area contributed by atoms with E-state index in [2.05, 4.69) is 15.2 Å². The second-order valence-corrected chi connectivity index (χ2v) is 10.1. The molecule has 0 saturated carbocycles. The number of thiocarbonyl (C=S) groups is 1. The highest BCUT2D eigenvalue weighted by atomic mass is 35.5. The standard InChI is InChI=1S/C29H24ClF2N5S/c30-19-6-12-23(13-7-19)34-28(38)27-26(18-4-8-20(31)9-5-18)24-3-1-2-16-36-25(35-37(27)29(24)36)17-33-22-14-10-21(32)11-15-22/h4-15,33H,1-3,16-17H2,(H,34,38). The van der Waals surface area contributed by atoms with Gasteiger partial charge in [-0.05, 0) is 85.5 Å². The third kappa shape index (κ3) is 4.66. The summed E-state index contributed by atoms with van der Waals surface area (Å²) in [5.41, 5.74) is 6.38. The normalized spacial score (nSPS) is 12.9. The Labute approximate surface area is 229 Å². The Balaban J connectivity index is 1.48. The van der Waals surface area contributed by atoms with E-state index >= 15 is 0 Å². The van der Waals surface area contributed by atoms with Gasteiger partial charge in [0.05, 0.1) is 6.54 Å². The van der Waals surface area contributed by atoms with Crippen molar-refractivity contribution in [3.8, 4) is 11.1 Å². The minimum absolute atomic E-state index is 0.276. The minimum Gasteiger partial charge on any atom is -0.378 e. The lowest BCUT2D eigenvalue weighted by Gasteiger charge is -2.12. The number of nitrogens with zero attached hydrogens (tertiary/aromatic N) is 3. The van der Waals surface area contributed by atoms with Crippen molar-refractivity contribution in [1.29, 1.82) is 0 Å². The summed E-state index contributed by atoms with van der Waals surface area (Å²) < 4.78 is 31.4. The zero-order valence-corrected chi connectivity index (χ0v) is 21.9. The van der Waals surface area contributed by atoms with E-state index in [0.717, 1.165) is 71.0 Å². The maximum Gasteiger partial charge on any atom is 0.150 e. The van der Waals surface area contributed by atoms with Crippen molar-refractivity contribution in [2.24, 2.45) is 0 Å². The Morgan fingerprint density at radius 1 is 0.895 bits per heavy atom. The lowest BCUT2D eigenvalue weighted by molar-refractivity contribution is 0.618. The van der Waals surface area contributed by atoms with E-state index in [1.165, 1.54) is 24.3 Å². The van der Waals surface area contributed by atoms with E-state index in [9.17, 15) is 8.78 Å². The van der Waals surface area contributed by atoms with Crippen LogP contribution in [-0.2, 0) is 19.5 Å². The van der Waals surface area contributed by atoms with Crippen molar-refractivity contribution in [3.63, 3.8) is 0 Å². The van der Waals surface area contributed by atoms with Crippen molar-refractivity contribution >= 4 is 45.8 Å². The van der Waals surface area contributed by atoms with Crippen LogP contribution in [0.15, 0.2) is 72.8 Å². The van der Waals surface area contributed by atoms with Crippen LogP contribution in [0.4, 0.5) is 20.2 Å². The molecular formula is C29H24ClF2N5S. The lowest BCUT2D eigenvalue weighted by Crippen LogP contribution is -2.15. The van der Waals surface area contributed by atoms with E-state index in [1.54, 1.807) is 36.4 Å². The zero-order valence-electron chi connectivity index (χ0n) is 20.3. The van der Waals surface area contributed by atoms with Crippen LogP contribution in [0.1, 0.15) is 29.9 Å². The topological polar surface area (TPSA) is 46.3 Å². The molecule has 9 heteroatoms. The summed E-state index contributed by atoms with van der Waals surface area (Å²) in [5, 5.41) is 12.4. The van der Waals surface area contributed by atoms with Crippen LogP contribution in [-0.4, -0.2) is 19.2 Å². The number of rotatable bonds is 6. The van der Waals surface area contributed by atoms with Gasteiger partial charge in [-0.25, -0.2) is 13.3 Å². The average molecular weight is 548 g/mol. The molecule has 0 fully saturated rings. The molecule has 1 aliphatic rings. The second kappa shape index (κ2) is 10.2. The molecule has 0 spiro atoms. The maximum atomic E-state index is 13.9. The average Bonchev–Trinajstić information content (AvgIpc) is 3.32. The van der Waals surface area contributed by atoms with E-state index in [1.807, 2.05) is 16.6 Å². The molecule has 3 heterocycles. The van der Waals surface area contributed by atoms with Gasteiger partial charge < -0.3 is 15.2 Å². The van der Waals surface area contributed by atoms with Gasteiger partial charge in [0.25, 0.3) is 0 Å². The van der Waals surface area contributed by atoms with Gasteiger partial charge in [0.1, 0.15) is 28.0 Å². The molecule has 3 aromatic carbocycles. The zero-order chi connectivity index (χ0) is 26.2. The number of hydrogen-bond acceptors (Lipinski definition) is 3. The predicted octanol–water partition coefficient (Wildman–Crippen LogP) is 7.47. The number of aromatic nitrogens is 3. The van der Waals surface area contributed by atoms with Crippen LogP contribution in [0.2, 0.25) is 5.02 Å². The first-order valence-electron chi connectivity index (χ1n) is 12.4. The van der Waals surface area contributed by atoms with Gasteiger partial charge >= 0.3 is 0 Å².